The number of alkyl halides is 3. The van der Waals surface area contributed by atoms with Gasteiger partial charge in [-0.2, -0.15) is 13.2 Å². The Morgan fingerprint density at radius 2 is 1.77 bits per heavy atom. The highest BCUT2D eigenvalue weighted by Gasteiger charge is 2.51. The number of carbonyl (C=O) groups excluding carboxylic acids is 1. The van der Waals surface area contributed by atoms with Crippen LogP contribution in [-0.4, -0.2) is 30.2 Å². The summed E-state index contributed by atoms with van der Waals surface area (Å²) in [5, 5.41) is 2.14. The van der Waals surface area contributed by atoms with E-state index in [1.54, 1.807) is 44.2 Å². The molecule has 7 heteroatoms. The van der Waals surface area contributed by atoms with Crippen molar-refractivity contribution in [2.45, 2.75) is 65.1 Å². The molecule has 0 unspecified atom stereocenters. The van der Waals surface area contributed by atoms with Gasteiger partial charge in [0.05, 0.1) is 12.0 Å². The van der Waals surface area contributed by atoms with Crippen molar-refractivity contribution in [3.63, 3.8) is 0 Å². The van der Waals surface area contributed by atoms with E-state index in [9.17, 15) is 18.0 Å². The summed E-state index contributed by atoms with van der Waals surface area (Å²) in [5.41, 5.74) is 1.63. The number of hydrogen-bond acceptors (Lipinski definition) is 3. The van der Waals surface area contributed by atoms with Gasteiger partial charge in [0.15, 0.2) is 6.04 Å². The van der Waals surface area contributed by atoms with Crippen molar-refractivity contribution in [3.05, 3.63) is 42.0 Å². The maximum atomic E-state index is 14.3. The summed E-state index contributed by atoms with van der Waals surface area (Å²) in [7, 11) is 0. The van der Waals surface area contributed by atoms with Crippen LogP contribution in [0.25, 0.3) is 10.8 Å². The lowest BCUT2D eigenvalue weighted by Crippen LogP contribution is -2.43. The third kappa shape index (κ3) is 5.32. The van der Waals surface area contributed by atoms with E-state index in [1.165, 1.54) is 12.5 Å². The quantitative estimate of drug-likeness (QED) is 0.478. The van der Waals surface area contributed by atoms with Crippen molar-refractivity contribution < 1.29 is 22.7 Å². The van der Waals surface area contributed by atoms with E-state index >= 15 is 0 Å². The minimum Gasteiger partial charge on any atom is -0.493 e. The maximum Gasteiger partial charge on any atom is 0.409 e. The standard InChI is InChI=1S/C24H31F3N2O2/c1-4-5-6-7-8-15-31-19-14-10-12-17-11-9-13-18(20(17)19)21(24(25,26)27)29-16-23(2,3)22(30)28-29/h9-14,21H,4-8,15-16H2,1-3H3,(H,28,30)/t21-/m0/s1. The maximum absolute atomic E-state index is 14.3. The predicted octanol–water partition coefficient (Wildman–Crippen LogP) is 6.17. The van der Waals surface area contributed by atoms with Crippen molar-refractivity contribution in [1.82, 2.24) is 10.4 Å². The summed E-state index contributed by atoms with van der Waals surface area (Å²) in [6, 6.07) is 8.22. The summed E-state index contributed by atoms with van der Waals surface area (Å²) in [4.78, 5) is 12.2. The van der Waals surface area contributed by atoms with Crippen molar-refractivity contribution in [2.24, 2.45) is 5.41 Å². The molecule has 2 aromatic carbocycles. The van der Waals surface area contributed by atoms with E-state index in [4.69, 9.17) is 4.74 Å². The highest BCUT2D eigenvalue weighted by molar-refractivity contribution is 5.92. The molecule has 0 aromatic heterocycles. The second kappa shape index (κ2) is 9.47. The molecule has 1 N–H and O–H groups in total. The highest BCUT2D eigenvalue weighted by atomic mass is 19.4. The Labute approximate surface area is 181 Å². The molecule has 1 atom stereocenters. The second-order valence-corrected chi connectivity index (χ2v) is 8.86. The van der Waals surface area contributed by atoms with Gasteiger partial charge in [0.25, 0.3) is 0 Å². The average Bonchev–Trinajstić information content (AvgIpc) is 2.95. The average molecular weight is 437 g/mol. The fourth-order valence-corrected chi connectivity index (χ4v) is 4.07. The van der Waals surface area contributed by atoms with Gasteiger partial charge in [-0.05, 0) is 37.3 Å². The number of halogens is 3. The second-order valence-electron chi connectivity index (χ2n) is 8.86. The van der Waals surface area contributed by atoms with E-state index in [1.807, 2.05) is 0 Å². The van der Waals surface area contributed by atoms with E-state index in [-0.39, 0.29) is 12.1 Å². The van der Waals surface area contributed by atoms with Crippen LogP contribution in [0, 0.1) is 5.41 Å². The molecule has 0 bridgehead atoms. The number of ether oxygens (including phenoxy) is 1. The third-order valence-electron chi connectivity index (χ3n) is 5.75. The van der Waals surface area contributed by atoms with Crippen molar-refractivity contribution in [2.75, 3.05) is 13.2 Å². The number of unbranched alkanes of at least 4 members (excludes halogenated alkanes) is 4. The molecule has 1 amide bonds. The zero-order valence-electron chi connectivity index (χ0n) is 18.4. The zero-order valence-corrected chi connectivity index (χ0v) is 18.4. The summed E-state index contributed by atoms with van der Waals surface area (Å²) in [6.07, 6.45) is 0.763. The van der Waals surface area contributed by atoms with Crippen LogP contribution < -0.4 is 10.2 Å². The van der Waals surface area contributed by atoms with Crippen LogP contribution in [0.5, 0.6) is 5.75 Å². The Hall–Kier alpha value is -2.28. The van der Waals surface area contributed by atoms with Crippen LogP contribution in [0.1, 0.15) is 64.5 Å². The monoisotopic (exact) mass is 436 g/mol. The first-order valence-electron chi connectivity index (χ1n) is 10.9. The van der Waals surface area contributed by atoms with Gasteiger partial charge < -0.3 is 4.74 Å². The van der Waals surface area contributed by atoms with Crippen LogP contribution >= 0.6 is 0 Å². The molecule has 1 aliphatic rings. The fraction of sp³-hybridized carbons (Fsp3) is 0.542. The summed E-state index contributed by atoms with van der Waals surface area (Å²) < 4.78 is 48.8. The Morgan fingerprint density at radius 1 is 1.10 bits per heavy atom. The van der Waals surface area contributed by atoms with Gasteiger partial charge >= 0.3 is 6.18 Å². The molecule has 1 fully saturated rings. The van der Waals surface area contributed by atoms with Crippen LogP contribution in [0.4, 0.5) is 13.2 Å². The Bertz CT molecular complexity index is 906. The van der Waals surface area contributed by atoms with E-state index in [2.05, 4.69) is 12.3 Å². The first-order chi connectivity index (χ1) is 14.6. The number of nitrogens with one attached hydrogen (secondary N) is 1. The minimum absolute atomic E-state index is 0.0349. The molecule has 2 aromatic rings. The first-order valence-corrected chi connectivity index (χ1v) is 10.9. The molecule has 3 rings (SSSR count). The van der Waals surface area contributed by atoms with Crippen LogP contribution in [-0.2, 0) is 4.79 Å². The molecule has 0 spiro atoms. The Kier molecular flexibility index (Phi) is 7.14. The molecule has 1 aliphatic heterocycles. The minimum atomic E-state index is -4.57. The SMILES string of the molecule is CCCCCCCOc1cccc2cccc([C@H](N3CC(C)(C)C(=O)N3)C(F)(F)F)c12. The van der Waals surface area contributed by atoms with Gasteiger partial charge in [-0.3, -0.25) is 10.2 Å². The van der Waals surface area contributed by atoms with Crippen LogP contribution in [0.15, 0.2) is 36.4 Å². The highest BCUT2D eigenvalue weighted by Crippen LogP contribution is 2.44. The number of hydrogen-bond donors (Lipinski definition) is 1. The number of rotatable bonds is 9. The molecule has 1 saturated heterocycles. The summed E-state index contributed by atoms with van der Waals surface area (Å²) in [6.45, 7) is 5.86. The van der Waals surface area contributed by atoms with Gasteiger partial charge in [0, 0.05) is 11.9 Å². The molecule has 0 saturated carbocycles. The lowest BCUT2D eigenvalue weighted by molar-refractivity contribution is -0.191. The zero-order chi connectivity index (χ0) is 22.6. The van der Waals surface area contributed by atoms with Gasteiger partial charge in [0.1, 0.15) is 5.75 Å². The summed E-state index contributed by atoms with van der Waals surface area (Å²) in [5.74, 6) is 0.0353. The molecule has 1 heterocycles. The smallest absolute Gasteiger partial charge is 0.409 e. The number of benzene rings is 2. The Balaban J connectivity index is 1.95. The molecule has 170 valence electrons. The molecular weight excluding hydrogens is 405 g/mol. The van der Waals surface area contributed by atoms with Crippen molar-refractivity contribution in [1.29, 1.82) is 0 Å². The number of amides is 1. The molecule has 4 nitrogen and oxygen atoms in total. The van der Waals surface area contributed by atoms with E-state index in [0.29, 0.717) is 23.1 Å². The predicted molar refractivity (Wildman–Crippen MR) is 116 cm³/mol. The molecule has 31 heavy (non-hydrogen) atoms. The summed E-state index contributed by atoms with van der Waals surface area (Å²) >= 11 is 0. The third-order valence-corrected chi connectivity index (χ3v) is 5.75. The van der Waals surface area contributed by atoms with Gasteiger partial charge in [-0.25, -0.2) is 5.01 Å². The molecule has 0 aliphatic carbocycles. The van der Waals surface area contributed by atoms with Gasteiger partial charge in [-0.1, -0.05) is 62.9 Å². The lowest BCUT2D eigenvalue weighted by atomic mass is 9.93. The fourth-order valence-electron chi connectivity index (χ4n) is 4.07. The number of carbonyl (C=O) groups is 1. The van der Waals surface area contributed by atoms with Crippen LogP contribution in [0.3, 0.4) is 0 Å². The normalized spacial score (nSPS) is 17.7. The number of nitrogens with zero attached hydrogens (tertiary/aromatic N) is 1. The van der Waals surface area contributed by atoms with Crippen LogP contribution in [0.2, 0.25) is 0 Å². The topological polar surface area (TPSA) is 41.6 Å². The first kappa shape index (κ1) is 23.4. The van der Waals surface area contributed by atoms with Crippen molar-refractivity contribution >= 4 is 16.7 Å². The molecular formula is C24H31F3N2O2. The number of hydrazine groups is 1. The molecule has 0 radical (unpaired) electrons. The van der Waals surface area contributed by atoms with Crippen molar-refractivity contribution in [3.8, 4) is 5.75 Å². The lowest BCUT2D eigenvalue weighted by Gasteiger charge is -2.31. The Morgan fingerprint density at radius 3 is 2.39 bits per heavy atom. The van der Waals surface area contributed by atoms with E-state index in [0.717, 1.165) is 30.7 Å². The van der Waals surface area contributed by atoms with Gasteiger partial charge in [-0.15, -0.1) is 0 Å². The largest absolute Gasteiger partial charge is 0.493 e. The van der Waals surface area contributed by atoms with Gasteiger partial charge in [0.2, 0.25) is 5.91 Å². The van der Waals surface area contributed by atoms with E-state index < -0.39 is 23.5 Å². The number of fused-ring (bicyclic) bond motifs is 1.